The zero-order valence-corrected chi connectivity index (χ0v) is 31.7. The van der Waals surface area contributed by atoms with Crippen LogP contribution in [0.3, 0.4) is 0 Å². The summed E-state index contributed by atoms with van der Waals surface area (Å²) < 4.78 is 61.6. The molecular weight excluding hydrogens is 721 g/mol. The van der Waals surface area contributed by atoms with Crippen molar-refractivity contribution in [3.05, 3.63) is 88.7 Å². The third-order valence-corrected chi connectivity index (χ3v) is 14.5. The number of H-pyrrole nitrogens is 1. The highest BCUT2D eigenvalue weighted by Gasteiger charge is 2.46. The maximum absolute atomic E-state index is 14.8. The fraction of sp³-hybridized carbons (Fsp3) is 0.143. The maximum Gasteiger partial charge on any atom is 0.347 e. The number of para-hydroxylation sites is 4. The summed E-state index contributed by atoms with van der Waals surface area (Å²) >= 11 is 0. The summed E-state index contributed by atoms with van der Waals surface area (Å²) in [6.07, 6.45) is 0. The molecule has 0 unspecified atom stereocenters. The van der Waals surface area contributed by atoms with Crippen molar-refractivity contribution in [2.45, 2.75) is 61.1 Å². The van der Waals surface area contributed by atoms with E-state index >= 15 is 0 Å². The molecule has 266 valence electrons. The topological polar surface area (TPSA) is 139 Å². The van der Waals surface area contributed by atoms with Gasteiger partial charge in [-0.25, -0.2) is 31.6 Å². The van der Waals surface area contributed by atoms with Gasteiger partial charge in [0.25, 0.3) is 11.4 Å². The number of nitrogens with one attached hydrogen (secondary N) is 1. The molecule has 0 aliphatic carbocycles. The lowest BCUT2D eigenvalue weighted by atomic mass is 9.84. The number of imidazole rings is 2. The number of aromatic amines is 1. The second-order valence-corrected chi connectivity index (χ2v) is 16.7. The molecule has 0 bridgehead atoms. The smallest absolute Gasteiger partial charge is 0.268 e. The predicted octanol–water partition coefficient (Wildman–Crippen LogP) is 8.30. The highest BCUT2D eigenvalue weighted by atomic mass is 32.2. The van der Waals surface area contributed by atoms with Crippen molar-refractivity contribution in [3.63, 3.8) is 0 Å². The van der Waals surface area contributed by atoms with Crippen molar-refractivity contribution in [1.82, 2.24) is 14.4 Å². The molecule has 54 heavy (non-hydrogen) atoms. The number of aromatic nitrogens is 4. The monoisotopic (exact) mass is 751 g/mol. The summed E-state index contributed by atoms with van der Waals surface area (Å²) in [6.45, 7) is 12.0. The highest BCUT2D eigenvalue weighted by molar-refractivity contribution is 7.93. The number of rotatable bonds is 0. The van der Waals surface area contributed by atoms with Crippen molar-refractivity contribution in [2.24, 2.45) is 0 Å². The van der Waals surface area contributed by atoms with E-state index in [1.807, 2.05) is 59.7 Å². The second kappa shape index (κ2) is 10.4. The Balaban J connectivity index is 0.000000576. The van der Waals surface area contributed by atoms with Crippen LogP contribution in [0.2, 0.25) is 0 Å². The number of carbonyl (C=O) groups excluding carboxylic acids is 1. The first-order valence-corrected chi connectivity index (χ1v) is 21.1. The van der Waals surface area contributed by atoms with Crippen molar-refractivity contribution >= 4 is 107 Å². The molecule has 1 N–H and O–H groups in total. The number of sulfone groups is 2. The summed E-state index contributed by atoms with van der Waals surface area (Å²) in [5.74, 6) is 0.00945. The molecule has 7 aromatic carbocycles. The maximum atomic E-state index is 14.8. The molecule has 10 aromatic rings. The molecule has 0 atom stereocenters. The Morgan fingerprint density at radius 3 is 1.80 bits per heavy atom. The van der Waals surface area contributed by atoms with E-state index in [9.17, 15) is 26.4 Å². The number of pyridine rings is 1. The Hall–Kier alpha value is -5.98. The summed E-state index contributed by atoms with van der Waals surface area (Å²) in [7, 11) is -8.40. The summed E-state index contributed by atoms with van der Waals surface area (Å²) in [4.78, 5) is 36.8. The third-order valence-electron chi connectivity index (χ3n) is 10.9. The molecule has 0 saturated heterocycles. The van der Waals surface area contributed by atoms with Crippen LogP contribution in [0.25, 0.3) is 93.0 Å². The van der Waals surface area contributed by atoms with E-state index in [4.69, 9.17) is 4.98 Å². The molecule has 13 rings (SSSR count). The molecule has 12 heteroatoms. The Kier molecular flexibility index (Phi) is 6.27. The van der Waals surface area contributed by atoms with Crippen LogP contribution >= 0.6 is 0 Å². The van der Waals surface area contributed by atoms with Crippen LogP contribution in [0.5, 0.6) is 0 Å². The van der Waals surface area contributed by atoms with Gasteiger partial charge in [0.05, 0.1) is 47.1 Å². The quantitative estimate of drug-likeness (QED) is 0.0934. The van der Waals surface area contributed by atoms with Gasteiger partial charge in [-0.3, -0.25) is 9.20 Å². The number of hydrogen-bond acceptors (Lipinski definition) is 7. The van der Waals surface area contributed by atoms with Gasteiger partial charge < -0.3 is 0 Å². The van der Waals surface area contributed by atoms with Crippen LogP contribution in [-0.2, 0) is 19.7 Å². The van der Waals surface area contributed by atoms with Gasteiger partial charge in [-0.1, -0.05) is 65.8 Å². The normalized spacial score (nSPS) is 15.2. The zero-order chi connectivity index (χ0) is 37.9. The van der Waals surface area contributed by atoms with Gasteiger partial charge >= 0.3 is 5.91 Å². The number of carbonyl (C=O) groups is 1. The molecule has 10 nitrogen and oxygen atoms in total. The molecule has 0 fully saturated rings. The van der Waals surface area contributed by atoms with Gasteiger partial charge in [-0.2, -0.15) is 4.57 Å². The number of benzene rings is 7. The number of nitrogens with zero attached hydrogens (tertiary/aromatic N) is 3. The fourth-order valence-corrected chi connectivity index (χ4v) is 12.5. The summed E-state index contributed by atoms with van der Waals surface area (Å²) in [5, 5.41) is 3.96. The van der Waals surface area contributed by atoms with Crippen LogP contribution in [0.15, 0.2) is 97.2 Å². The van der Waals surface area contributed by atoms with Crippen molar-refractivity contribution < 1.29 is 26.2 Å². The lowest BCUT2D eigenvalue weighted by Gasteiger charge is -2.19. The van der Waals surface area contributed by atoms with Gasteiger partial charge in [0.2, 0.25) is 19.7 Å². The van der Waals surface area contributed by atoms with E-state index in [0.717, 1.165) is 0 Å². The Labute approximate surface area is 307 Å². The van der Waals surface area contributed by atoms with Crippen molar-refractivity contribution in [2.75, 3.05) is 0 Å². The minimum atomic E-state index is -4.24. The van der Waals surface area contributed by atoms with Gasteiger partial charge in [0.15, 0.2) is 11.0 Å². The molecule has 3 aliphatic rings. The Bertz CT molecular complexity index is 3670. The summed E-state index contributed by atoms with van der Waals surface area (Å²) in [5.41, 5.74) is 2.89. The molecule has 6 heterocycles. The highest BCUT2D eigenvalue weighted by Crippen LogP contribution is 2.59. The van der Waals surface area contributed by atoms with E-state index in [-0.39, 0.29) is 30.5 Å². The lowest BCUT2D eigenvalue weighted by molar-refractivity contribution is -0.530. The van der Waals surface area contributed by atoms with E-state index in [0.29, 0.717) is 87.6 Å². The van der Waals surface area contributed by atoms with Gasteiger partial charge in [-0.05, 0) is 48.5 Å². The molecule has 3 aliphatic heterocycles. The van der Waals surface area contributed by atoms with Crippen molar-refractivity contribution in [1.29, 1.82) is 0 Å². The van der Waals surface area contributed by atoms with E-state index in [1.165, 1.54) is 21.1 Å². The van der Waals surface area contributed by atoms with E-state index in [1.54, 1.807) is 42.5 Å². The SMILES string of the molecule is CC.CC.CC.O=C1c2cc3c4c5c(cc6c(=O)n7c8ccccc8nc7c7cc8c(c9c(cc(c2c49)-c2[nH]c4ccccc4[n+]21)S8(=O)=O)c5c67)S3(=O)=O. The molecule has 0 amide bonds. The van der Waals surface area contributed by atoms with Crippen LogP contribution in [0.1, 0.15) is 51.9 Å². The minimum absolute atomic E-state index is 0.0303. The summed E-state index contributed by atoms with van der Waals surface area (Å²) in [6, 6.07) is 20.4. The van der Waals surface area contributed by atoms with E-state index < -0.39 is 31.1 Å². The average Bonchev–Trinajstić information content (AvgIpc) is 3.91. The lowest BCUT2D eigenvalue weighted by Crippen LogP contribution is -2.46. The second-order valence-electron chi connectivity index (χ2n) is 12.9. The molecular formula is C42H31N4O6S2+. The van der Waals surface area contributed by atoms with Crippen LogP contribution in [-0.4, -0.2) is 37.1 Å². The Morgan fingerprint density at radius 1 is 0.593 bits per heavy atom. The Morgan fingerprint density at radius 2 is 1.13 bits per heavy atom. The molecule has 3 aromatic heterocycles. The first-order valence-electron chi connectivity index (χ1n) is 18.1. The standard InChI is InChI=1S/C36H12N4O6S2.3C2H6/c41-35-15-11-23-29-30-24(48(23,45)46)12-16-26-14(34-38-18-6-2-4-8-20(18)40(34)36(16)42)10-22-28(32(26)30)27-21(47(22,43)44)9-13(25(15)31(27)29)33-37-17-5-1-3-7-19(17)39(33)35;3*1-2/h1-12H;3*1-2H3/p+1. The predicted molar refractivity (Wildman–Crippen MR) is 211 cm³/mol. The van der Waals surface area contributed by atoms with Gasteiger partial charge in [-0.15, -0.1) is 0 Å². The third kappa shape index (κ3) is 3.30. The van der Waals surface area contributed by atoms with Crippen LogP contribution in [0.4, 0.5) is 0 Å². The first kappa shape index (κ1) is 32.7. The van der Waals surface area contributed by atoms with E-state index in [2.05, 4.69) is 4.98 Å². The zero-order valence-electron chi connectivity index (χ0n) is 30.0. The van der Waals surface area contributed by atoms with Crippen LogP contribution in [0, 0.1) is 0 Å². The largest absolute Gasteiger partial charge is 0.347 e. The minimum Gasteiger partial charge on any atom is -0.268 e. The fourth-order valence-electron chi connectivity index (χ4n) is 9.08. The average molecular weight is 752 g/mol. The molecule has 0 spiro atoms. The first-order chi connectivity index (χ1) is 26.2. The number of fused-ring (bicyclic) bond motifs is 8. The van der Waals surface area contributed by atoms with Gasteiger partial charge in [0.1, 0.15) is 5.65 Å². The molecule has 0 radical (unpaired) electrons. The molecule has 0 saturated carbocycles. The van der Waals surface area contributed by atoms with Crippen molar-refractivity contribution in [3.8, 4) is 11.4 Å². The number of hydrogen-bond donors (Lipinski definition) is 1. The van der Waals surface area contributed by atoms with Crippen LogP contribution < -0.4 is 10.1 Å². The van der Waals surface area contributed by atoms with Gasteiger partial charge in [0, 0.05) is 48.5 Å².